The molecule has 1 aromatic carbocycles. The molecule has 0 fully saturated rings. The minimum atomic E-state index is -0.147. The van der Waals surface area contributed by atoms with E-state index in [1.807, 2.05) is 31.2 Å². The van der Waals surface area contributed by atoms with Gasteiger partial charge in [0.2, 0.25) is 0 Å². The summed E-state index contributed by atoms with van der Waals surface area (Å²) in [6.45, 7) is 2.36. The first kappa shape index (κ1) is 11.6. The van der Waals surface area contributed by atoms with E-state index >= 15 is 0 Å². The summed E-state index contributed by atoms with van der Waals surface area (Å²) in [6, 6.07) is 7.41. The molecule has 0 aliphatic carbocycles. The van der Waals surface area contributed by atoms with Crippen molar-refractivity contribution in [2.24, 2.45) is 0 Å². The van der Waals surface area contributed by atoms with Crippen LogP contribution in [0.2, 0.25) is 0 Å². The van der Waals surface area contributed by atoms with Crippen molar-refractivity contribution in [3.63, 3.8) is 0 Å². The highest BCUT2D eigenvalue weighted by molar-refractivity contribution is 7.09. The molecule has 0 spiro atoms. The van der Waals surface area contributed by atoms with Gasteiger partial charge in [-0.15, -0.1) is 11.3 Å². The molecule has 4 nitrogen and oxygen atoms in total. The van der Waals surface area contributed by atoms with Crippen molar-refractivity contribution >= 4 is 22.9 Å². The molecule has 0 atom stereocenters. The summed E-state index contributed by atoms with van der Waals surface area (Å²) in [7, 11) is 0. The van der Waals surface area contributed by atoms with E-state index in [-0.39, 0.29) is 5.91 Å². The lowest BCUT2D eigenvalue weighted by Gasteiger charge is -2.03. The highest BCUT2D eigenvalue weighted by Gasteiger charge is 2.08. The van der Waals surface area contributed by atoms with Gasteiger partial charge in [0, 0.05) is 17.6 Å². The third kappa shape index (κ3) is 3.04. The van der Waals surface area contributed by atoms with Crippen molar-refractivity contribution in [3.05, 3.63) is 45.9 Å². The number of rotatable bonds is 3. The zero-order chi connectivity index (χ0) is 12.3. The lowest BCUT2D eigenvalue weighted by molar-refractivity contribution is 0.0946. The highest BCUT2D eigenvalue weighted by Crippen LogP contribution is 2.08. The topological polar surface area (TPSA) is 68.0 Å². The fourth-order valence-corrected chi connectivity index (χ4v) is 1.97. The zero-order valence-corrected chi connectivity index (χ0v) is 10.3. The summed E-state index contributed by atoms with van der Waals surface area (Å²) >= 11 is 1.47. The molecule has 0 saturated heterocycles. The van der Waals surface area contributed by atoms with Crippen molar-refractivity contribution in [2.45, 2.75) is 13.5 Å². The van der Waals surface area contributed by atoms with Gasteiger partial charge in [-0.25, -0.2) is 4.98 Å². The van der Waals surface area contributed by atoms with Crippen molar-refractivity contribution in [1.29, 1.82) is 0 Å². The fraction of sp³-hybridized carbons (Fsp3) is 0.167. The summed E-state index contributed by atoms with van der Waals surface area (Å²) in [5.74, 6) is -0.147. The molecule has 3 N–H and O–H groups in total. The quantitative estimate of drug-likeness (QED) is 0.815. The molecule has 1 aromatic heterocycles. The van der Waals surface area contributed by atoms with E-state index < -0.39 is 0 Å². The van der Waals surface area contributed by atoms with Gasteiger partial charge < -0.3 is 11.1 Å². The summed E-state index contributed by atoms with van der Waals surface area (Å²) < 4.78 is 0. The first-order valence-electron chi connectivity index (χ1n) is 5.20. The Morgan fingerprint density at radius 1 is 1.41 bits per heavy atom. The Balaban J connectivity index is 1.94. The smallest absolute Gasteiger partial charge is 0.271 e. The second-order valence-corrected chi connectivity index (χ2v) is 4.74. The van der Waals surface area contributed by atoms with Crippen LogP contribution in [0.4, 0.5) is 5.69 Å². The molecular weight excluding hydrogens is 234 g/mol. The number of anilines is 1. The number of nitrogens with zero attached hydrogens (tertiary/aromatic N) is 1. The van der Waals surface area contributed by atoms with Gasteiger partial charge in [-0.3, -0.25) is 4.79 Å². The van der Waals surface area contributed by atoms with E-state index in [0.29, 0.717) is 12.2 Å². The Hall–Kier alpha value is -1.88. The van der Waals surface area contributed by atoms with Crippen LogP contribution < -0.4 is 11.1 Å². The molecule has 1 amide bonds. The van der Waals surface area contributed by atoms with Crippen LogP contribution in [0, 0.1) is 6.92 Å². The van der Waals surface area contributed by atoms with Crippen LogP contribution in [0.5, 0.6) is 0 Å². The predicted octanol–water partition coefficient (Wildman–Crippen LogP) is 1.96. The maximum Gasteiger partial charge on any atom is 0.271 e. The molecule has 0 bridgehead atoms. The first-order valence-corrected chi connectivity index (χ1v) is 6.08. The molecule has 17 heavy (non-hydrogen) atoms. The van der Waals surface area contributed by atoms with Gasteiger partial charge in [0.15, 0.2) is 0 Å². The first-order chi connectivity index (χ1) is 8.15. The molecule has 2 rings (SSSR count). The van der Waals surface area contributed by atoms with Gasteiger partial charge in [0.1, 0.15) is 5.69 Å². The number of nitrogens with one attached hydrogen (secondary N) is 1. The van der Waals surface area contributed by atoms with Gasteiger partial charge in [-0.05, 0) is 24.6 Å². The zero-order valence-electron chi connectivity index (χ0n) is 9.43. The predicted molar refractivity (Wildman–Crippen MR) is 68.9 cm³/mol. The van der Waals surface area contributed by atoms with Crippen LogP contribution in [-0.2, 0) is 6.54 Å². The second kappa shape index (κ2) is 4.97. The van der Waals surface area contributed by atoms with Crippen LogP contribution in [0.1, 0.15) is 21.1 Å². The molecular formula is C12H13N3OS. The van der Waals surface area contributed by atoms with Crippen molar-refractivity contribution in [2.75, 3.05) is 5.73 Å². The van der Waals surface area contributed by atoms with E-state index in [1.165, 1.54) is 11.3 Å². The number of thiazole rings is 1. The largest absolute Gasteiger partial charge is 0.399 e. The van der Waals surface area contributed by atoms with Gasteiger partial charge >= 0.3 is 0 Å². The van der Waals surface area contributed by atoms with Gasteiger partial charge in [0.25, 0.3) is 5.91 Å². The number of carbonyl (C=O) groups is 1. The number of aromatic nitrogens is 1. The third-order valence-electron chi connectivity index (χ3n) is 2.28. The number of nitrogen functional groups attached to an aromatic ring is 1. The maximum atomic E-state index is 11.7. The highest BCUT2D eigenvalue weighted by atomic mass is 32.1. The lowest BCUT2D eigenvalue weighted by atomic mass is 10.2. The van der Waals surface area contributed by atoms with Gasteiger partial charge in [-0.2, -0.15) is 0 Å². The van der Waals surface area contributed by atoms with Crippen LogP contribution in [0.15, 0.2) is 29.6 Å². The number of carbonyl (C=O) groups excluding carboxylic acids is 1. The molecule has 1 heterocycles. The number of hydrogen-bond donors (Lipinski definition) is 2. The summed E-state index contributed by atoms with van der Waals surface area (Å²) in [5.41, 5.74) is 7.79. The van der Waals surface area contributed by atoms with Crippen molar-refractivity contribution in [3.8, 4) is 0 Å². The van der Waals surface area contributed by atoms with Crippen LogP contribution in [0.25, 0.3) is 0 Å². The molecule has 2 aromatic rings. The number of nitrogens with two attached hydrogens (primary N) is 1. The van der Waals surface area contributed by atoms with Crippen LogP contribution in [0.3, 0.4) is 0 Å². The van der Waals surface area contributed by atoms with Gasteiger partial charge in [-0.1, -0.05) is 12.1 Å². The average molecular weight is 247 g/mol. The Kier molecular flexibility index (Phi) is 3.39. The monoisotopic (exact) mass is 247 g/mol. The Labute approximate surface area is 103 Å². The summed E-state index contributed by atoms with van der Waals surface area (Å²) in [6.07, 6.45) is 0. The van der Waals surface area contributed by atoms with Crippen molar-refractivity contribution < 1.29 is 4.79 Å². The van der Waals surface area contributed by atoms with E-state index in [4.69, 9.17) is 5.73 Å². The fourth-order valence-electron chi connectivity index (χ4n) is 1.38. The van der Waals surface area contributed by atoms with E-state index in [2.05, 4.69) is 10.3 Å². The summed E-state index contributed by atoms with van der Waals surface area (Å²) in [5, 5.41) is 5.46. The van der Waals surface area contributed by atoms with E-state index in [1.54, 1.807) is 5.38 Å². The molecule has 88 valence electrons. The van der Waals surface area contributed by atoms with Crippen LogP contribution >= 0.6 is 11.3 Å². The minimum absolute atomic E-state index is 0.147. The standard InChI is InChI=1S/C12H13N3OS/c1-8-15-11(7-17-8)12(16)14-6-9-2-4-10(13)5-3-9/h2-5,7H,6,13H2,1H3,(H,14,16). The number of aryl methyl sites for hydroxylation is 1. The summed E-state index contributed by atoms with van der Waals surface area (Å²) in [4.78, 5) is 15.8. The SMILES string of the molecule is Cc1nc(C(=O)NCc2ccc(N)cc2)cs1. The molecule has 0 saturated carbocycles. The Bertz CT molecular complexity index is 519. The molecule has 0 unspecified atom stereocenters. The normalized spacial score (nSPS) is 10.2. The molecule has 0 aliphatic heterocycles. The second-order valence-electron chi connectivity index (χ2n) is 3.68. The molecule has 0 radical (unpaired) electrons. The van der Waals surface area contributed by atoms with Gasteiger partial charge in [0.05, 0.1) is 5.01 Å². The number of amides is 1. The van der Waals surface area contributed by atoms with Crippen molar-refractivity contribution in [1.82, 2.24) is 10.3 Å². The Morgan fingerprint density at radius 3 is 2.71 bits per heavy atom. The van der Waals surface area contributed by atoms with E-state index in [9.17, 15) is 4.79 Å². The van der Waals surface area contributed by atoms with Crippen LogP contribution in [-0.4, -0.2) is 10.9 Å². The minimum Gasteiger partial charge on any atom is -0.399 e. The molecule has 0 aliphatic rings. The number of benzene rings is 1. The van der Waals surface area contributed by atoms with E-state index in [0.717, 1.165) is 16.3 Å². The number of hydrogen-bond acceptors (Lipinski definition) is 4. The maximum absolute atomic E-state index is 11.7. The molecule has 5 heteroatoms. The third-order valence-corrected chi connectivity index (χ3v) is 3.06. The lowest BCUT2D eigenvalue weighted by Crippen LogP contribution is -2.23. The average Bonchev–Trinajstić information content (AvgIpc) is 2.75. The Morgan fingerprint density at radius 2 is 2.12 bits per heavy atom.